The summed E-state index contributed by atoms with van der Waals surface area (Å²) in [5.74, 6) is 0.780. The summed E-state index contributed by atoms with van der Waals surface area (Å²) < 4.78 is 0. The number of hydrogen-bond donors (Lipinski definition) is 1. The van der Waals surface area contributed by atoms with Crippen LogP contribution in [0.4, 0.5) is 0 Å². The number of rotatable bonds is 2. The topological polar surface area (TPSA) is 12.0 Å². The standard InChI is InChI=1S/C23H21N.C6H6/c1-2-6-19-17(4-1)8-9-23-21-7-3-5-18(14-16-12-13-24-15-16)20(21)10-11-22(19)23;1-2-4-6-5-3-1/h1-11,16,24H,12-15H2;1-6H. The summed E-state index contributed by atoms with van der Waals surface area (Å²) in [6, 6.07) is 36.7. The summed E-state index contributed by atoms with van der Waals surface area (Å²) in [6.07, 6.45) is 2.48. The maximum Gasteiger partial charge on any atom is -0.00169 e. The molecule has 0 spiro atoms. The van der Waals surface area contributed by atoms with Crippen LogP contribution in [0.2, 0.25) is 0 Å². The van der Waals surface area contributed by atoms with Crippen LogP contribution in [0.5, 0.6) is 0 Å². The van der Waals surface area contributed by atoms with Crippen LogP contribution >= 0.6 is 0 Å². The molecule has 148 valence electrons. The van der Waals surface area contributed by atoms with Gasteiger partial charge in [-0.25, -0.2) is 0 Å². The highest BCUT2D eigenvalue weighted by atomic mass is 14.9. The van der Waals surface area contributed by atoms with E-state index in [-0.39, 0.29) is 0 Å². The summed E-state index contributed by atoms with van der Waals surface area (Å²) >= 11 is 0. The van der Waals surface area contributed by atoms with Crippen LogP contribution in [0.15, 0.2) is 103 Å². The zero-order chi connectivity index (χ0) is 20.2. The lowest BCUT2D eigenvalue weighted by molar-refractivity contribution is 0.582. The fraction of sp³-hybridized carbons (Fsp3) is 0.172. The van der Waals surface area contributed by atoms with E-state index in [1.165, 1.54) is 57.3 Å². The zero-order valence-corrected chi connectivity index (χ0v) is 17.2. The van der Waals surface area contributed by atoms with Crippen LogP contribution < -0.4 is 5.32 Å². The first-order chi connectivity index (χ1) is 14.9. The monoisotopic (exact) mass is 389 g/mol. The first kappa shape index (κ1) is 18.8. The maximum absolute atomic E-state index is 3.49. The van der Waals surface area contributed by atoms with Crippen molar-refractivity contribution in [3.63, 3.8) is 0 Å². The van der Waals surface area contributed by atoms with Crippen LogP contribution in [-0.2, 0) is 6.42 Å². The molecule has 6 rings (SSSR count). The summed E-state index contributed by atoms with van der Waals surface area (Å²) in [7, 11) is 0. The van der Waals surface area contributed by atoms with Gasteiger partial charge in [-0.1, -0.05) is 103 Å². The van der Waals surface area contributed by atoms with Crippen LogP contribution in [0.25, 0.3) is 32.3 Å². The third kappa shape index (κ3) is 3.81. The molecule has 1 heteroatoms. The molecule has 0 aromatic heterocycles. The molecule has 0 aliphatic carbocycles. The zero-order valence-electron chi connectivity index (χ0n) is 17.2. The predicted molar refractivity (Wildman–Crippen MR) is 130 cm³/mol. The van der Waals surface area contributed by atoms with Gasteiger partial charge in [-0.05, 0) is 69.7 Å². The van der Waals surface area contributed by atoms with Crippen molar-refractivity contribution >= 4 is 32.3 Å². The Bertz CT molecular complexity index is 1240. The van der Waals surface area contributed by atoms with Crippen molar-refractivity contribution in [2.75, 3.05) is 13.1 Å². The lowest BCUT2D eigenvalue weighted by Crippen LogP contribution is -2.10. The van der Waals surface area contributed by atoms with Gasteiger partial charge < -0.3 is 5.32 Å². The van der Waals surface area contributed by atoms with Gasteiger partial charge in [0.15, 0.2) is 0 Å². The average molecular weight is 390 g/mol. The fourth-order valence-electron chi connectivity index (χ4n) is 4.68. The van der Waals surface area contributed by atoms with Gasteiger partial charge in [-0.2, -0.15) is 0 Å². The molecule has 1 fully saturated rings. The largest absolute Gasteiger partial charge is 0.316 e. The third-order valence-corrected chi connectivity index (χ3v) is 6.21. The molecule has 0 saturated carbocycles. The van der Waals surface area contributed by atoms with E-state index in [1.54, 1.807) is 0 Å². The van der Waals surface area contributed by atoms with Gasteiger partial charge in [0.2, 0.25) is 0 Å². The number of benzene rings is 5. The highest BCUT2D eigenvalue weighted by Gasteiger charge is 2.16. The summed E-state index contributed by atoms with van der Waals surface area (Å²) in [4.78, 5) is 0. The Morgan fingerprint density at radius 3 is 1.97 bits per heavy atom. The molecule has 0 bridgehead atoms. The fourth-order valence-corrected chi connectivity index (χ4v) is 4.68. The molecule has 1 aliphatic rings. The Hall–Kier alpha value is -3.16. The van der Waals surface area contributed by atoms with E-state index < -0.39 is 0 Å². The van der Waals surface area contributed by atoms with Crippen molar-refractivity contribution < 1.29 is 0 Å². The molecule has 0 radical (unpaired) electrons. The Morgan fingerprint density at radius 1 is 0.567 bits per heavy atom. The molecule has 1 unspecified atom stereocenters. The van der Waals surface area contributed by atoms with Crippen LogP contribution in [0.1, 0.15) is 12.0 Å². The summed E-state index contributed by atoms with van der Waals surface area (Å²) in [5, 5.41) is 11.7. The summed E-state index contributed by atoms with van der Waals surface area (Å²) in [6.45, 7) is 2.33. The number of hydrogen-bond acceptors (Lipinski definition) is 1. The molecule has 1 heterocycles. The quantitative estimate of drug-likeness (QED) is 0.321. The Morgan fingerprint density at radius 2 is 1.20 bits per heavy atom. The lowest BCUT2D eigenvalue weighted by Gasteiger charge is -2.13. The SMILES string of the molecule is c1ccc2c(c1)ccc1c3cccc(CC4CCNC4)c3ccc21.c1ccccc1. The second kappa shape index (κ2) is 8.69. The summed E-state index contributed by atoms with van der Waals surface area (Å²) in [5.41, 5.74) is 1.50. The molecule has 1 N–H and O–H groups in total. The van der Waals surface area contributed by atoms with Crippen molar-refractivity contribution in [2.24, 2.45) is 5.92 Å². The predicted octanol–water partition coefficient (Wildman–Crippen LogP) is 6.98. The molecule has 5 aromatic carbocycles. The molecule has 1 nitrogen and oxygen atoms in total. The smallest absolute Gasteiger partial charge is 0.00169 e. The van der Waals surface area contributed by atoms with E-state index >= 15 is 0 Å². The van der Waals surface area contributed by atoms with Crippen molar-refractivity contribution in [2.45, 2.75) is 12.8 Å². The van der Waals surface area contributed by atoms with Crippen molar-refractivity contribution in [3.05, 3.63) is 109 Å². The first-order valence-corrected chi connectivity index (χ1v) is 10.9. The van der Waals surface area contributed by atoms with E-state index in [9.17, 15) is 0 Å². The second-order valence-electron chi connectivity index (χ2n) is 8.18. The van der Waals surface area contributed by atoms with E-state index in [1.807, 2.05) is 36.4 Å². The molecule has 5 aromatic rings. The first-order valence-electron chi connectivity index (χ1n) is 10.9. The maximum atomic E-state index is 3.49. The Balaban J connectivity index is 0.000000279. The molecule has 1 atom stereocenters. The van der Waals surface area contributed by atoms with Gasteiger partial charge in [-0.15, -0.1) is 0 Å². The van der Waals surface area contributed by atoms with Crippen molar-refractivity contribution in [3.8, 4) is 0 Å². The highest BCUT2D eigenvalue weighted by Crippen LogP contribution is 2.33. The minimum Gasteiger partial charge on any atom is -0.316 e. The van der Waals surface area contributed by atoms with Gasteiger partial charge in [0, 0.05) is 0 Å². The van der Waals surface area contributed by atoms with E-state index in [0.717, 1.165) is 12.5 Å². The highest BCUT2D eigenvalue weighted by molar-refractivity contribution is 6.17. The molecule has 30 heavy (non-hydrogen) atoms. The normalized spacial score (nSPS) is 15.9. The van der Waals surface area contributed by atoms with E-state index in [4.69, 9.17) is 0 Å². The van der Waals surface area contributed by atoms with Crippen molar-refractivity contribution in [1.82, 2.24) is 5.32 Å². The van der Waals surface area contributed by atoms with Crippen molar-refractivity contribution in [1.29, 1.82) is 0 Å². The number of fused-ring (bicyclic) bond motifs is 5. The van der Waals surface area contributed by atoms with Gasteiger partial charge in [0.1, 0.15) is 0 Å². The molecular weight excluding hydrogens is 362 g/mol. The van der Waals surface area contributed by atoms with E-state index in [0.29, 0.717) is 0 Å². The minimum absolute atomic E-state index is 0.780. The van der Waals surface area contributed by atoms with Gasteiger partial charge in [0.25, 0.3) is 0 Å². The Kier molecular flexibility index (Phi) is 5.46. The van der Waals surface area contributed by atoms with Gasteiger partial charge in [-0.3, -0.25) is 0 Å². The van der Waals surface area contributed by atoms with Gasteiger partial charge >= 0.3 is 0 Å². The van der Waals surface area contributed by atoms with Crippen LogP contribution in [0, 0.1) is 5.92 Å². The van der Waals surface area contributed by atoms with Crippen LogP contribution in [-0.4, -0.2) is 13.1 Å². The third-order valence-electron chi connectivity index (χ3n) is 6.21. The molecule has 1 aliphatic heterocycles. The van der Waals surface area contributed by atoms with Crippen LogP contribution in [0.3, 0.4) is 0 Å². The lowest BCUT2D eigenvalue weighted by atomic mass is 9.91. The second-order valence-corrected chi connectivity index (χ2v) is 8.18. The molecule has 0 amide bonds. The minimum atomic E-state index is 0.780. The molecular formula is C29H27N. The Labute approximate surface area is 178 Å². The number of nitrogens with one attached hydrogen (secondary N) is 1. The van der Waals surface area contributed by atoms with E-state index in [2.05, 4.69) is 72.0 Å². The molecule has 1 saturated heterocycles. The van der Waals surface area contributed by atoms with Gasteiger partial charge in [0.05, 0.1) is 0 Å². The average Bonchev–Trinajstić information content (AvgIpc) is 3.33.